The van der Waals surface area contributed by atoms with E-state index in [0.29, 0.717) is 22.2 Å². The molecule has 1 amide bonds. The average molecular weight is 611 g/mol. The van der Waals surface area contributed by atoms with Crippen LogP contribution in [0.3, 0.4) is 0 Å². The van der Waals surface area contributed by atoms with Gasteiger partial charge in [-0.1, -0.05) is 45.9 Å². The van der Waals surface area contributed by atoms with Crippen molar-refractivity contribution in [1.82, 2.24) is 9.88 Å². The molecule has 10 heteroatoms. The molecule has 0 aliphatic carbocycles. The molecule has 0 saturated carbocycles. The fourth-order valence-corrected chi connectivity index (χ4v) is 5.93. The highest BCUT2D eigenvalue weighted by molar-refractivity contribution is 9.10. The van der Waals surface area contributed by atoms with E-state index in [1.165, 1.54) is 11.8 Å². The van der Waals surface area contributed by atoms with Gasteiger partial charge in [0.25, 0.3) is 0 Å². The highest BCUT2D eigenvalue weighted by Crippen LogP contribution is 2.41. The smallest absolute Gasteiger partial charge is 0.344 e. The molecule has 0 spiro atoms. The Labute approximate surface area is 238 Å². The third-order valence-corrected chi connectivity index (χ3v) is 7.90. The van der Waals surface area contributed by atoms with Gasteiger partial charge in [-0.3, -0.25) is 4.79 Å². The number of carbonyl (C=O) groups is 2. The van der Waals surface area contributed by atoms with Crippen molar-refractivity contribution in [2.24, 2.45) is 4.99 Å². The molecule has 3 aromatic rings. The van der Waals surface area contributed by atoms with Crippen LogP contribution in [0.15, 0.2) is 80.4 Å². The first-order chi connectivity index (χ1) is 18.9. The van der Waals surface area contributed by atoms with E-state index in [0.717, 1.165) is 40.4 Å². The van der Waals surface area contributed by atoms with Crippen molar-refractivity contribution in [3.63, 3.8) is 0 Å². The number of aliphatic hydroxyl groups excluding tert-OH is 1. The number of esters is 1. The molecule has 1 atom stereocenters. The second-order valence-electron chi connectivity index (χ2n) is 9.12. The van der Waals surface area contributed by atoms with Crippen LogP contribution in [0.25, 0.3) is 17.0 Å². The second kappa shape index (κ2) is 12.2. The summed E-state index contributed by atoms with van der Waals surface area (Å²) >= 11 is 4.74. The number of rotatable bonds is 8. The van der Waals surface area contributed by atoms with E-state index in [-0.39, 0.29) is 36.5 Å². The zero-order valence-electron chi connectivity index (χ0n) is 21.4. The number of nitrogens with one attached hydrogen (secondary N) is 1. The number of carbonyl (C=O) groups excluding carboxylic acids is 2. The molecule has 8 nitrogen and oxygen atoms in total. The Morgan fingerprint density at radius 2 is 2.10 bits per heavy atom. The maximum atomic E-state index is 12.8. The number of hydrogen-bond acceptors (Lipinski definition) is 7. The molecule has 2 aliphatic rings. The molecule has 2 aliphatic heterocycles. The SMILES string of the molecule is CCOC(=O)C1=C(O)/C(=C/c2cn(CC(=O)NC[C@H]3CCCO3)c3ccc(Br)cc23)SC1=Nc1ccccc1. The van der Waals surface area contributed by atoms with Crippen LogP contribution < -0.4 is 5.32 Å². The number of fused-ring (bicyclic) bond motifs is 1. The number of halogens is 1. The maximum absolute atomic E-state index is 12.8. The van der Waals surface area contributed by atoms with Crippen LogP contribution in [-0.4, -0.2) is 52.5 Å². The number of amides is 1. The number of hydrogen-bond donors (Lipinski definition) is 2. The van der Waals surface area contributed by atoms with Crippen LogP contribution in [0.4, 0.5) is 5.69 Å². The molecule has 1 fully saturated rings. The molecule has 202 valence electrons. The van der Waals surface area contributed by atoms with Gasteiger partial charge in [0.1, 0.15) is 22.9 Å². The number of aromatic nitrogens is 1. The zero-order chi connectivity index (χ0) is 27.4. The number of aliphatic hydroxyl groups is 1. The molecular formula is C29H28BrN3O5S. The van der Waals surface area contributed by atoms with Crippen molar-refractivity contribution in [1.29, 1.82) is 0 Å². The van der Waals surface area contributed by atoms with Crippen LogP contribution >= 0.6 is 27.7 Å². The highest BCUT2D eigenvalue weighted by Gasteiger charge is 2.33. The van der Waals surface area contributed by atoms with Crippen LogP contribution in [0, 0.1) is 0 Å². The van der Waals surface area contributed by atoms with Crippen LogP contribution in [-0.2, 0) is 25.6 Å². The van der Waals surface area contributed by atoms with Gasteiger partial charge in [0, 0.05) is 40.3 Å². The lowest BCUT2D eigenvalue weighted by atomic mass is 10.1. The van der Waals surface area contributed by atoms with E-state index >= 15 is 0 Å². The number of benzene rings is 2. The monoisotopic (exact) mass is 609 g/mol. The first kappa shape index (κ1) is 27.2. The standard InChI is InChI=1S/C29H28BrN3O5S/c1-2-37-29(36)26-27(35)24(39-28(26)32-20-7-4-3-5-8-20)13-18-16-33(23-11-10-19(30)14-22(18)23)17-25(34)31-15-21-9-6-12-38-21/h3-5,7-8,10-11,13-14,16,21,35H,2,6,9,12,15,17H2,1H3,(H,31,34)/b24-13-,32-28?/t21-/m1/s1. The van der Waals surface area contributed by atoms with Gasteiger partial charge in [-0.15, -0.1) is 0 Å². The van der Waals surface area contributed by atoms with Gasteiger partial charge in [-0.25, -0.2) is 9.79 Å². The Morgan fingerprint density at radius 3 is 2.85 bits per heavy atom. The third kappa shape index (κ3) is 6.29. The van der Waals surface area contributed by atoms with Crippen molar-refractivity contribution in [3.8, 4) is 0 Å². The predicted octanol–water partition coefficient (Wildman–Crippen LogP) is 5.89. The van der Waals surface area contributed by atoms with Crippen LogP contribution in [0.1, 0.15) is 25.3 Å². The third-order valence-electron chi connectivity index (χ3n) is 6.38. The average Bonchev–Trinajstić information content (AvgIpc) is 3.63. The topological polar surface area (TPSA) is 102 Å². The summed E-state index contributed by atoms with van der Waals surface area (Å²) in [6, 6.07) is 15.1. The van der Waals surface area contributed by atoms with Gasteiger partial charge in [0.2, 0.25) is 5.91 Å². The van der Waals surface area contributed by atoms with Crippen LogP contribution in [0.5, 0.6) is 0 Å². The van der Waals surface area contributed by atoms with E-state index in [9.17, 15) is 14.7 Å². The maximum Gasteiger partial charge on any atom is 0.344 e. The number of ether oxygens (including phenoxy) is 2. The predicted molar refractivity (Wildman–Crippen MR) is 157 cm³/mol. The molecule has 1 aromatic heterocycles. The molecule has 1 saturated heterocycles. The van der Waals surface area contributed by atoms with Gasteiger partial charge in [-0.05, 0) is 56.2 Å². The molecule has 3 heterocycles. The Hall–Kier alpha value is -3.34. The Bertz CT molecular complexity index is 1490. The van der Waals surface area contributed by atoms with Gasteiger partial charge >= 0.3 is 5.97 Å². The summed E-state index contributed by atoms with van der Waals surface area (Å²) in [5, 5.41) is 15.3. The van der Waals surface area contributed by atoms with Gasteiger partial charge < -0.3 is 24.5 Å². The number of para-hydroxylation sites is 1. The minimum atomic E-state index is -0.631. The summed E-state index contributed by atoms with van der Waals surface area (Å²) in [4.78, 5) is 30.6. The van der Waals surface area contributed by atoms with E-state index < -0.39 is 5.97 Å². The van der Waals surface area contributed by atoms with Gasteiger partial charge in [0.15, 0.2) is 0 Å². The summed E-state index contributed by atoms with van der Waals surface area (Å²) < 4.78 is 13.6. The van der Waals surface area contributed by atoms with E-state index in [2.05, 4.69) is 26.2 Å². The Balaban J connectivity index is 1.48. The second-order valence-corrected chi connectivity index (χ2v) is 11.1. The lowest BCUT2D eigenvalue weighted by Gasteiger charge is -2.11. The fourth-order valence-electron chi connectivity index (χ4n) is 4.54. The molecule has 2 N–H and O–H groups in total. The summed E-state index contributed by atoms with van der Waals surface area (Å²) in [6.45, 7) is 3.26. The lowest BCUT2D eigenvalue weighted by Crippen LogP contribution is -2.34. The quantitative estimate of drug-likeness (QED) is 0.309. The normalized spacial score (nSPS) is 19.4. The first-order valence-electron chi connectivity index (χ1n) is 12.7. The zero-order valence-corrected chi connectivity index (χ0v) is 23.8. The fraction of sp³-hybridized carbons (Fsp3) is 0.276. The molecule has 0 bridgehead atoms. The molecule has 5 rings (SSSR count). The van der Waals surface area contributed by atoms with E-state index in [4.69, 9.17) is 9.47 Å². The van der Waals surface area contributed by atoms with Gasteiger partial charge in [0.05, 0.1) is 23.3 Å². The minimum Gasteiger partial charge on any atom is -0.506 e. The Morgan fingerprint density at radius 1 is 1.28 bits per heavy atom. The number of thioether (sulfide) groups is 1. The molecule has 2 aromatic carbocycles. The van der Waals surface area contributed by atoms with Crippen molar-refractivity contribution >= 4 is 67.3 Å². The summed E-state index contributed by atoms with van der Waals surface area (Å²) in [5.74, 6) is -0.920. The summed E-state index contributed by atoms with van der Waals surface area (Å²) in [6.07, 6.45) is 5.73. The van der Waals surface area contributed by atoms with Crippen LogP contribution in [0.2, 0.25) is 0 Å². The summed E-state index contributed by atoms with van der Waals surface area (Å²) in [7, 11) is 0. The van der Waals surface area contributed by atoms with Crippen molar-refractivity contribution in [2.75, 3.05) is 19.8 Å². The molecule has 0 unspecified atom stereocenters. The lowest BCUT2D eigenvalue weighted by molar-refractivity contribution is -0.138. The first-order valence-corrected chi connectivity index (χ1v) is 14.3. The minimum absolute atomic E-state index is 0.0374. The number of nitrogens with zero attached hydrogens (tertiary/aromatic N) is 2. The molecule has 0 radical (unpaired) electrons. The van der Waals surface area contributed by atoms with Crippen molar-refractivity contribution in [2.45, 2.75) is 32.4 Å². The van der Waals surface area contributed by atoms with E-state index in [1.807, 2.05) is 65.4 Å². The largest absolute Gasteiger partial charge is 0.506 e. The number of aliphatic imine (C=N–C) groups is 1. The molecule has 39 heavy (non-hydrogen) atoms. The van der Waals surface area contributed by atoms with Crippen molar-refractivity contribution in [3.05, 3.63) is 81.0 Å². The Kier molecular flexibility index (Phi) is 8.54. The summed E-state index contributed by atoms with van der Waals surface area (Å²) in [5.41, 5.74) is 2.35. The van der Waals surface area contributed by atoms with Gasteiger partial charge in [-0.2, -0.15) is 0 Å². The van der Waals surface area contributed by atoms with Crippen molar-refractivity contribution < 1.29 is 24.2 Å². The van der Waals surface area contributed by atoms with E-state index in [1.54, 1.807) is 6.92 Å². The highest BCUT2D eigenvalue weighted by atomic mass is 79.9. The molecular weight excluding hydrogens is 582 g/mol.